The van der Waals surface area contributed by atoms with Gasteiger partial charge in [0.05, 0.1) is 13.0 Å². The Bertz CT molecular complexity index is 1120. The molecule has 13 heteroatoms. The van der Waals surface area contributed by atoms with Gasteiger partial charge in [-0.15, -0.1) is 0 Å². The summed E-state index contributed by atoms with van der Waals surface area (Å²) in [5, 5.41) is 26.6. The monoisotopic (exact) mass is 504 g/mol. The molecule has 0 bridgehead atoms. The third kappa shape index (κ3) is 7.52. The molecule has 36 heavy (non-hydrogen) atoms. The lowest BCUT2D eigenvalue weighted by Crippen LogP contribution is -2.59. The van der Waals surface area contributed by atoms with Crippen LogP contribution >= 0.6 is 0 Å². The molecule has 13 nitrogen and oxygen atoms in total. The molecule has 0 radical (unpaired) electrons. The van der Waals surface area contributed by atoms with Crippen LogP contribution in [0.4, 0.5) is 0 Å². The summed E-state index contributed by atoms with van der Waals surface area (Å²) in [5.41, 5.74) is 12.2. The number of hydrogen-bond acceptors (Lipinski definition) is 7. The number of aliphatic carboxylic acids is 1. The standard InChI is InChI=1S/C23H32N6O7/c1-11(2)19(29-20(32)14(24)10-30)22(34)27-16(8-18(25)31)21(33)28-17(23(35)36)7-12-9-26-15-6-4-3-5-13(12)15/h3-6,9,11,14,16-17,19,26,30H,7-8,10,24H2,1-2H3,(H2,25,31)(H,27,34)(H,28,33)(H,29,32)(H,35,36). The number of primary amides is 1. The Labute approximate surface area is 207 Å². The lowest BCUT2D eigenvalue weighted by Gasteiger charge is -2.26. The number of carboxylic acid groups (broad SMARTS) is 1. The van der Waals surface area contributed by atoms with Crippen molar-refractivity contribution in [3.8, 4) is 0 Å². The number of carbonyl (C=O) groups is 5. The highest BCUT2D eigenvalue weighted by Gasteiger charge is 2.32. The highest BCUT2D eigenvalue weighted by Crippen LogP contribution is 2.19. The van der Waals surface area contributed by atoms with Crippen molar-refractivity contribution in [2.24, 2.45) is 17.4 Å². The molecule has 0 spiro atoms. The summed E-state index contributed by atoms with van der Waals surface area (Å²) in [6, 6.07) is 1.97. The summed E-state index contributed by atoms with van der Waals surface area (Å²) < 4.78 is 0. The van der Waals surface area contributed by atoms with Gasteiger partial charge in [0.2, 0.25) is 23.6 Å². The highest BCUT2D eigenvalue weighted by molar-refractivity contribution is 5.96. The average molecular weight is 505 g/mol. The Morgan fingerprint density at radius 3 is 2.19 bits per heavy atom. The predicted octanol–water partition coefficient (Wildman–Crippen LogP) is -1.90. The van der Waals surface area contributed by atoms with Gasteiger partial charge in [0.15, 0.2) is 0 Å². The van der Waals surface area contributed by atoms with Crippen LogP contribution in [0.5, 0.6) is 0 Å². The first-order valence-corrected chi connectivity index (χ1v) is 11.3. The molecule has 0 aliphatic rings. The van der Waals surface area contributed by atoms with Gasteiger partial charge in [-0.2, -0.15) is 0 Å². The maximum Gasteiger partial charge on any atom is 0.326 e. The third-order valence-corrected chi connectivity index (χ3v) is 5.53. The molecule has 4 unspecified atom stereocenters. The summed E-state index contributed by atoms with van der Waals surface area (Å²) in [6.07, 6.45) is 0.973. The Morgan fingerprint density at radius 1 is 0.972 bits per heavy atom. The number of fused-ring (bicyclic) bond motifs is 1. The number of para-hydroxylation sites is 1. The van der Waals surface area contributed by atoms with E-state index >= 15 is 0 Å². The summed E-state index contributed by atoms with van der Waals surface area (Å²) in [7, 11) is 0. The number of carboxylic acids is 1. The molecule has 0 saturated heterocycles. The van der Waals surface area contributed by atoms with Gasteiger partial charge in [0, 0.05) is 23.5 Å². The maximum atomic E-state index is 12.9. The maximum absolute atomic E-state index is 12.9. The summed E-state index contributed by atoms with van der Waals surface area (Å²) in [6.45, 7) is 2.61. The fourth-order valence-corrected chi connectivity index (χ4v) is 3.54. The molecule has 2 aromatic rings. The third-order valence-electron chi connectivity index (χ3n) is 5.53. The van der Waals surface area contributed by atoms with E-state index in [4.69, 9.17) is 16.6 Å². The smallest absolute Gasteiger partial charge is 0.326 e. The van der Waals surface area contributed by atoms with E-state index in [1.54, 1.807) is 32.2 Å². The van der Waals surface area contributed by atoms with Crippen molar-refractivity contribution in [1.29, 1.82) is 0 Å². The minimum atomic E-state index is -1.50. The van der Waals surface area contributed by atoms with Crippen LogP contribution in [0.25, 0.3) is 10.9 Å². The zero-order chi connectivity index (χ0) is 27.0. The number of amides is 4. The number of hydrogen-bond donors (Lipinski definition) is 8. The normalized spacial score (nSPS) is 14.5. The van der Waals surface area contributed by atoms with Crippen molar-refractivity contribution in [3.63, 3.8) is 0 Å². The highest BCUT2D eigenvalue weighted by atomic mass is 16.4. The van der Waals surface area contributed by atoms with Crippen LogP contribution in [0, 0.1) is 5.92 Å². The van der Waals surface area contributed by atoms with Crippen LogP contribution in [0.15, 0.2) is 30.5 Å². The molecule has 0 aliphatic heterocycles. The molecule has 4 atom stereocenters. The summed E-state index contributed by atoms with van der Waals surface area (Å²) in [4.78, 5) is 64.4. The van der Waals surface area contributed by atoms with Gasteiger partial charge in [0.1, 0.15) is 24.2 Å². The second-order valence-electron chi connectivity index (χ2n) is 8.71. The Morgan fingerprint density at radius 2 is 1.61 bits per heavy atom. The molecule has 4 amide bonds. The van der Waals surface area contributed by atoms with E-state index in [-0.39, 0.29) is 6.42 Å². The lowest BCUT2D eigenvalue weighted by atomic mass is 10.0. The Balaban J connectivity index is 2.18. The number of aliphatic hydroxyl groups is 1. The van der Waals surface area contributed by atoms with Gasteiger partial charge in [0.25, 0.3) is 0 Å². The van der Waals surface area contributed by atoms with Crippen molar-refractivity contribution in [2.75, 3.05) is 6.61 Å². The van der Waals surface area contributed by atoms with E-state index in [1.807, 2.05) is 12.1 Å². The number of benzene rings is 1. The van der Waals surface area contributed by atoms with Gasteiger partial charge < -0.3 is 42.6 Å². The lowest BCUT2D eigenvalue weighted by molar-refractivity contribution is -0.142. The molecular weight excluding hydrogens is 472 g/mol. The quantitative estimate of drug-likeness (QED) is 0.153. The predicted molar refractivity (Wildman–Crippen MR) is 129 cm³/mol. The number of nitrogens with one attached hydrogen (secondary N) is 4. The van der Waals surface area contributed by atoms with Crippen molar-refractivity contribution in [2.45, 2.75) is 50.9 Å². The van der Waals surface area contributed by atoms with Crippen LogP contribution in [0.3, 0.4) is 0 Å². The van der Waals surface area contributed by atoms with Gasteiger partial charge in [-0.3, -0.25) is 19.2 Å². The van der Waals surface area contributed by atoms with Gasteiger partial charge in [-0.25, -0.2) is 4.79 Å². The second-order valence-corrected chi connectivity index (χ2v) is 8.71. The van der Waals surface area contributed by atoms with E-state index in [0.717, 1.165) is 10.9 Å². The van der Waals surface area contributed by atoms with Crippen LogP contribution in [0.2, 0.25) is 0 Å². The first-order chi connectivity index (χ1) is 16.9. The molecule has 1 aromatic carbocycles. The van der Waals surface area contributed by atoms with Crippen LogP contribution in [0.1, 0.15) is 25.8 Å². The van der Waals surface area contributed by atoms with Gasteiger partial charge in [-0.05, 0) is 17.5 Å². The molecule has 196 valence electrons. The molecule has 2 rings (SSSR count). The fraction of sp³-hybridized carbons (Fsp3) is 0.435. The van der Waals surface area contributed by atoms with Crippen LogP contribution < -0.4 is 27.4 Å². The Hall–Kier alpha value is -3.97. The Kier molecular flexibility index (Phi) is 9.93. The molecule has 0 saturated carbocycles. The summed E-state index contributed by atoms with van der Waals surface area (Å²) >= 11 is 0. The molecular formula is C23H32N6O7. The van der Waals surface area contributed by atoms with Gasteiger partial charge in [-0.1, -0.05) is 32.0 Å². The van der Waals surface area contributed by atoms with Crippen molar-refractivity contribution in [1.82, 2.24) is 20.9 Å². The largest absolute Gasteiger partial charge is 0.480 e. The number of aromatic nitrogens is 1. The van der Waals surface area contributed by atoms with Crippen LogP contribution in [-0.4, -0.2) is 75.6 Å². The fourth-order valence-electron chi connectivity index (χ4n) is 3.54. The van der Waals surface area contributed by atoms with E-state index in [1.165, 1.54) is 0 Å². The van der Waals surface area contributed by atoms with E-state index < -0.39 is 72.7 Å². The van der Waals surface area contributed by atoms with E-state index in [2.05, 4.69) is 20.9 Å². The van der Waals surface area contributed by atoms with E-state index in [0.29, 0.717) is 5.56 Å². The summed E-state index contributed by atoms with van der Waals surface area (Å²) in [5.74, 6) is -5.21. The molecule has 0 fully saturated rings. The zero-order valence-corrected chi connectivity index (χ0v) is 20.0. The van der Waals surface area contributed by atoms with Crippen molar-refractivity contribution in [3.05, 3.63) is 36.0 Å². The average Bonchev–Trinajstić information content (AvgIpc) is 3.22. The van der Waals surface area contributed by atoms with Crippen molar-refractivity contribution >= 4 is 40.5 Å². The first-order valence-electron chi connectivity index (χ1n) is 11.3. The minimum Gasteiger partial charge on any atom is -0.480 e. The molecule has 10 N–H and O–H groups in total. The first kappa shape index (κ1) is 28.3. The SMILES string of the molecule is CC(C)C(NC(=O)C(N)CO)C(=O)NC(CC(N)=O)C(=O)NC(Cc1c[nH]c2ccccc12)C(=O)O. The number of aromatic amines is 1. The molecule has 1 aromatic heterocycles. The number of rotatable bonds is 13. The minimum absolute atomic E-state index is 0.0634. The number of H-pyrrole nitrogens is 1. The zero-order valence-electron chi connectivity index (χ0n) is 20.0. The molecule has 1 heterocycles. The number of aliphatic hydroxyl groups excluding tert-OH is 1. The van der Waals surface area contributed by atoms with E-state index in [9.17, 15) is 29.1 Å². The van der Waals surface area contributed by atoms with Gasteiger partial charge >= 0.3 is 5.97 Å². The molecule has 0 aliphatic carbocycles. The van der Waals surface area contributed by atoms with Crippen LogP contribution in [-0.2, 0) is 30.4 Å². The topological polar surface area (TPSA) is 230 Å². The number of carbonyl (C=O) groups excluding carboxylic acids is 4. The van der Waals surface area contributed by atoms with Crippen molar-refractivity contribution < 1.29 is 34.2 Å². The second kappa shape index (κ2) is 12.7. The number of nitrogens with two attached hydrogens (primary N) is 2.